The van der Waals surface area contributed by atoms with E-state index >= 15 is 0 Å². The third-order valence-corrected chi connectivity index (χ3v) is 11.0. The molecule has 1 amide bonds. The molecule has 11 nitrogen and oxygen atoms in total. The van der Waals surface area contributed by atoms with Gasteiger partial charge in [0, 0.05) is 56.1 Å². The van der Waals surface area contributed by atoms with Gasteiger partial charge in [-0.15, -0.1) is 0 Å². The first-order chi connectivity index (χ1) is 19.3. The molecule has 2 aliphatic carbocycles. The van der Waals surface area contributed by atoms with Crippen LogP contribution in [0.15, 0.2) is 35.4 Å². The molecule has 2 aromatic rings. The van der Waals surface area contributed by atoms with Crippen molar-refractivity contribution in [1.29, 1.82) is 0 Å². The number of aromatic nitrogens is 2. The molecule has 3 aliphatic heterocycles. The first kappa shape index (κ1) is 26.1. The normalized spacial score (nSPS) is 26.9. The zero-order chi connectivity index (χ0) is 27.5. The number of aliphatic hydroxyl groups excluding tert-OH is 1. The van der Waals surface area contributed by atoms with E-state index in [4.69, 9.17) is 9.72 Å². The van der Waals surface area contributed by atoms with Gasteiger partial charge in [-0.1, -0.05) is 6.07 Å². The summed E-state index contributed by atoms with van der Waals surface area (Å²) < 4.78 is 34.1. The van der Waals surface area contributed by atoms with Crippen molar-refractivity contribution in [3.63, 3.8) is 0 Å². The molecule has 7 rings (SSSR count). The lowest BCUT2D eigenvalue weighted by Crippen LogP contribution is -2.50. The van der Waals surface area contributed by atoms with Crippen LogP contribution in [0.1, 0.15) is 56.9 Å². The van der Waals surface area contributed by atoms with Crippen LogP contribution < -0.4 is 20.3 Å². The Balaban J connectivity index is 1.02. The van der Waals surface area contributed by atoms with Crippen LogP contribution in [0.25, 0.3) is 0 Å². The molecule has 0 unspecified atom stereocenters. The van der Waals surface area contributed by atoms with Gasteiger partial charge in [-0.2, -0.15) is 9.29 Å². The molecule has 2 atom stereocenters. The number of nitrogens with one attached hydrogen (secondary N) is 2. The molecule has 12 heteroatoms. The second-order valence-corrected chi connectivity index (χ2v) is 13.8. The van der Waals surface area contributed by atoms with Gasteiger partial charge in [-0.05, 0) is 63.5 Å². The van der Waals surface area contributed by atoms with E-state index in [0.717, 1.165) is 50.8 Å². The summed E-state index contributed by atoms with van der Waals surface area (Å²) in [6.45, 7) is 2.31. The van der Waals surface area contributed by atoms with Crippen molar-refractivity contribution in [2.24, 2.45) is 0 Å². The number of nitrogens with zero attached hydrogens (tertiary/aromatic N) is 4. The predicted molar refractivity (Wildman–Crippen MR) is 148 cm³/mol. The molecule has 40 heavy (non-hydrogen) atoms. The number of ether oxygens (including phenoxy) is 1. The van der Waals surface area contributed by atoms with Crippen LogP contribution >= 0.6 is 0 Å². The zero-order valence-corrected chi connectivity index (χ0v) is 23.3. The van der Waals surface area contributed by atoms with Crippen LogP contribution in [-0.2, 0) is 20.2 Å². The van der Waals surface area contributed by atoms with E-state index in [0.29, 0.717) is 49.9 Å². The Morgan fingerprint density at radius 3 is 2.62 bits per heavy atom. The average Bonchev–Trinajstić information content (AvgIpc) is 3.69. The number of hydrogen-bond donors (Lipinski definition) is 3. The minimum Gasteiger partial charge on any atom is -0.488 e. The van der Waals surface area contributed by atoms with E-state index in [1.807, 2.05) is 4.90 Å². The highest BCUT2D eigenvalue weighted by molar-refractivity contribution is 7.89. The van der Waals surface area contributed by atoms with Crippen molar-refractivity contribution < 1.29 is 23.1 Å². The van der Waals surface area contributed by atoms with E-state index in [1.54, 1.807) is 30.5 Å². The summed E-state index contributed by atoms with van der Waals surface area (Å²) in [7, 11) is -3.64. The summed E-state index contributed by atoms with van der Waals surface area (Å²) >= 11 is 0. The molecule has 214 valence electrons. The van der Waals surface area contributed by atoms with Gasteiger partial charge in [0.2, 0.25) is 21.9 Å². The maximum Gasteiger partial charge on any atom is 0.243 e. The highest BCUT2D eigenvalue weighted by Gasteiger charge is 2.61. The van der Waals surface area contributed by atoms with E-state index in [-0.39, 0.29) is 35.1 Å². The van der Waals surface area contributed by atoms with E-state index in [2.05, 4.69) is 15.6 Å². The van der Waals surface area contributed by atoms with E-state index in [9.17, 15) is 18.3 Å². The highest BCUT2D eigenvalue weighted by Crippen LogP contribution is 2.57. The number of aliphatic hydroxyl groups is 1. The molecule has 1 aromatic heterocycles. The number of fused-ring (bicyclic) bond motifs is 2. The molecule has 5 aliphatic rings. The third kappa shape index (κ3) is 4.54. The van der Waals surface area contributed by atoms with Crippen LogP contribution in [-0.4, -0.2) is 84.2 Å². The molecule has 2 saturated heterocycles. The summed E-state index contributed by atoms with van der Waals surface area (Å²) in [5, 5.41) is 16.8. The van der Waals surface area contributed by atoms with Crippen LogP contribution in [0.3, 0.4) is 0 Å². The van der Waals surface area contributed by atoms with Crippen LogP contribution in [0.4, 0.5) is 11.8 Å². The lowest BCUT2D eigenvalue weighted by molar-refractivity contribution is -0.121. The van der Waals surface area contributed by atoms with Crippen LogP contribution in [0.2, 0.25) is 0 Å². The van der Waals surface area contributed by atoms with Crippen LogP contribution in [0, 0.1) is 0 Å². The third-order valence-electron chi connectivity index (χ3n) is 9.15. The second kappa shape index (κ2) is 9.93. The molecular formula is C28H36N6O5S. The molecule has 0 radical (unpaired) electrons. The van der Waals surface area contributed by atoms with E-state index in [1.165, 1.54) is 4.31 Å². The monoisotopic (exact) mass is 568 g/mol. The Labute approximate surface area is 234 Å². The van der Waals surface area contributed by atoms with Gasteiger partial charge in [0.05, 0.1) is 16.4 Å². The second-order valence-electron chi connectivity index (χ2n) is 11.9. The Morgan fingerprint density at radius 1 is 1.12 bits per heavy atom. The van der Waals surface area contributed by atoms with Crippen molar-refractivity contribution in [3.05, 3.63) is 36.0 Å². The predicted octanol–water partition coefficient (Wildman–Crippen LogP) is 1.77. The number of carbonyl (C=O) groups excluding carboxylic acids is 1. The zero-order valence-electron chi connectivity index (χ0n) is 22.5. The summed E-state index contributed by atoms with van der Waals surface area (Å²) in [5.41, 5.74) is 0.427. The molecule has 4 fully saturated rings. The van der Waals surface area contributed by atoms with Crippen LogP contribution in [0.5, 0.6) is 5.75 Å². The number of rotatable bonds is 7. The fraction of sp³-hybridized carbons (Fsp3) is 0.607. The van der Waals surface area contributed by atoms with Crippen molar-refractivity contribution in [1.82, 2.24) is 19.6 Å². The maximum atomic E-state index is 13.5. The Kier molecular flexibility index (Phi) is 6.49. The first-order valence-corrected chi connectivity index (χ1v) is 15.9. The van der Waals surface area contributed by atoms with Gasteiger partial charge in [-0.25, -0.2) is 13.4 Å². The highest BCUT2D eigenvalue weighted by atomic mass is 32.2. The smallest absolute Gasteiger partial charge is 0.243 e. The van der Waals surface area contributed by atoms with Gasteiger partial charge in [-0.3, -0.25) is 9.69 Å². The van der Waals surface area contributed by atoms with Gasteiger partial charge >= 0.3 is 0 Å². The fourth-order valence-corrected chi connectivity index (χ4v) is 8.05. The lowest BCUT2D eigenvalue weighted by atomic mass is 9.92. The van der Waals surface area contributed by atoms with Gasteiger partial charge in [0.1, 0.15) is 17.7 Å². The molecule has 3 N–H and O–H groups in total. The lowest BCUT2D eigenvalue weighted by Gasteiger charge is -2.34. The summed E-state index contributed by atoms with van der Waals surface area (Å²) in [6.07, 6.45) is 7.47. The SMILES string of the molecule is O=C1N([C@@H]2CCC[C@@H](O)C2)c2nc(NC3CCN(S(=O)(=O)c4cccc(OC5CNC5)c4)CC3)ncc2C12CC2. The maximum absolute atomic E-state index is 13.5. The van der Waals surface area contributed by atoms with E-state index < -0.39 is 15.4 Å². The minimum absolute atomic E-state index is 0.0160. The molecule has 2 saturated carbocycles. The summed E-state index contributed by atoms with van der Waals surface area (Å²) in [4.78, 5) is 25.0. The summed E-state index contributed by atoms with van der Waals surface area (Å²) in [5.74, 6) is 1.81. The Hall–Kier alpha value is -2.80. The minimum atomic E-state index is -3.64. The summed E-state index contributed by atoms with van der Waals surface area (Å²) in [6, 6.07) is 6.72. The number of anilines is 2. The topological polar surface area (TPSA) is 137 Å². The van der Waals surface area contributed by atoms with Gasteiger partial charge < -0.3 is 20.5 Å². The largest absolute Gasteiger partial charge is 0.488 e. The Morgan fingerprint density at radius 2 is 1.93 bits per heavy atom. The Bertz CT molecular complexity index is 1400. The van der Waals surface area contributed by atoms with Crippen molar-refractivity contribution in [3.8, 4) is 5.75 Å². The van der Waals surface area contributed by atoms with Crippen molar-refractivity contribution >= 4 is 27.7 Å². The van der Waals surface area contributed by atoms with Crippen molar-refractivity contribution in [2.45, 2.75) is 86.0 Å². The van der Waals surface area contributed by atoms with Crippen molar-refractivity contribution in [2.75, 3.05) is 36.4 Å². The average molecular weight is 569 g/mol. The number of carbonyl (C=O) groups is 1. The molecule has 1 aromatic carbocycles. The van der Waals surface area contributed by atoms with Gasteiger partial charge in [0.15, 0.2) is 0 Å². The molecule has 0 bridgehead atoms. The number of amides is 1. The molecular weight excluding hydrogens is 532 g/mol. The quantitative estimate of drug-likeness (QED) is 0.456. The number of piperidine rings is 1. The standard InChI is InChI=1S/C28H36N6O5S/c35-20-4-1-3-19(13-20)34-25-24(28(9-10-28)26(34)36)17-30-27(32-25)31-18-7-11-33(12-8-18)40(37,38)23-6-2-5-21(14-23)39-22-15-29-16-22/h2,5-6,14,17-20,22,29,35H,1,3-4,7-13,15-16H2,(H,30,31,32)/t19-,20-/m1/s1. The fourth-order valence-electron chi connectivity index (χ4n) is 6.54. The first-order valence-electron chi connectivity index (χ1n) is 14.5. The number of benzene rings is 1. The molecule has 4 heterocycles. The number of hydrogen-bond acceptors (Lipinski definition) is 9. The number of sulfonamides is 1. The molecule has 1 spiro atoms. The van der Waals surface area contributed by atoms with Gasteiger partial charge in [0.25, 0.3) is 0 Å².